The number of aromatic hydroxyl groups is 1. The number of ether oxygens (including phenoxy) is 3. The maximum absolute atomic E-state index is 14.5. The Kier molecular flexibility index (Phi) is 13.1. The number of nitrogens with one attached hydrogen (secondary N) is 1. The van der Waals surface area contributed by atoms with Crippen molar-refractivity contribution in [1.29, 1.82) is 0 Å². The highest BCUT2D eigenvalue weighted by atomic mass is 28.4. The lowest BCUT2D eigenvalue weighted by molar-refractivity contribution is -0.130. The zero-order valence-corrected chi connectivity index (χ0v) is 37.4. The van der Waals surface area contributed by atoms with E-state index in [2.05, 4.69) is 45.8 Å². The van der Waals surface area contributed by atoms with Gasteiger partial charge in [-0.25, -0.2) is 14.5 Å². The van der Waals surface area contributed by atoms with Crippen LogP contribution in [0.5, 0.6) is 11.5 Å². The number of nitrogens with zero attached hydrogens (tertiary/aromatic N) is 3. The second-order valence-corrected chi connectivity index (χ2v) is 23.6. The second kappa shape index (κ2) is 17.6. The molecule has 0 radical (unpaired) electrons. The number of hydrogen-bond donors (Lipinski definition) is 2. The Balaban J connectivity index is 1.19. The third-order valence-corrected chi connectivity index (χ3v) is 17.3. The van der Waals surface area contributed by atoms with Crippen molar-refractivity contribution in [2.45, 2.75) is 129 Å². The number of amides is 4. The van der Waals surface area contributed by atoms with Gasteiger partial charge in [-0.1, -0.05) is 71.5 Å². The monoisotopic (exact) mass is 846 g/mol. The minimum absolute atomic E-state index is 0.00874. The summed E-state index contributed by atoms with van der Waals surface area (Å²) in [5, 5.41) is 13.7. The van der Waals surface area contributed by atoms with E-state index < -0.39 is 44.9 Å². The van der Waals surface area contributed by atoms with Crippen molar-refractivity contribution in [3.8, 4) is 11.5 Å². The van der Waals surface area contributed by atoms with Crippen molar-refractivity contribution in [1.82, 2.24) is 15.1 Å². The number of benzene rings is 2. The molecule has 4 atom stereocenters. The molecule has 1 saturated carbocycles. The van der Waals surface area contributed by atoms with Crippen LogP contribution in [0, 0.1) is 11.3 Å². The molecule has 2 aromatic carbocycles. The molecule has 2 saturated heterocycles. The lowest BCUT2D eigenvalue weighted by atomic mass is 9.95. The Hall–Kier alpha value is -4.89. The van der Waals surface area contributed by atoms with Gasteiger partial charge in [0.05, 0.1) is 30.4 Å². The molecule has 60 heavy (non-hydrogen) atoms. The van der Waals surface area contributed by atoms with Gasteiger partial charge in [-0.05, 0) is 85.2 Å². The molecule has 2 aromatic rings. The number of anilines is 1. The van der Waals surface area contributed by atoms with Gasteiger partial charge in [0.15, 0.2) is 31.8 Å². The first-order chi connectivity index (χ1) is 28.3. The number of fused-ring (bicyclic) bond motifs is 2. The normalized spacial score (nSPS) is 21.2. The Morgan fingerprint density at radius 1 is 1.05 bits per heavy atom. The molecule has 0 aromatic heterocycles. The van der Waals surface area contributed by atoms with Crippen molar-refractivity contribution in [3.05, 3.63) is 65.7 Å². The summed E-state index contributed by atoms with van der Waals surface area (Å²) in [7, 11) is -1.15. The van der Waals surface area contributed by atoms with Crippen LogP contribution in [0.4, 0.5) is 15.3 Å². The van der Waals surface area contributed by atoms with Gasteiger partial charge in [-0.2, -0.15) is 0 Å². The minimum Gasteiger partial charge on any atom is -0.504 e. The molecule has 1 aliphatic carbocycles. The number of ketones is 1. The highest BCUT2D eigenvalue weighted by Crippen LogP contribution is 2.57. The fourth-order valence-corrected chi connectivity index (χ4v) is 9.47. The lowest BCUT2D eigenvalue weighted by Gasteiger charge is -2.44. The van der Waals surface area contributed by atoms with E-state index >= 15 is 0 Å². The first-order valence-electron chi connectivity index (χ1n) is 21.1. The number of methoxy groups -OCH3 is 1. The fraction of sp³-hybridized carbons (Fsp3) is 0.578. The van der Waals surface area contributed by atoms with Gasteiger partial charge >= 0.3 is 12.2 Å². The summed E-state index contributed by atoms with van der Waals surface area (Å²) in [6, 6.07) is 8.13. The van der Waals surface area contributed by atoms with E-state index in [0.29, 0.717) is 44.3 Å². The molecule has 15 heteroatoms. The summed E-state index contributed by atoms with van der Waals surface area (Å²) in [6.45, 7) is 19.0. The maximum atomic E-state index is 14.5. The van der Waals surface area contributed by atoms with Crippen LogP contribution < -0.4 is 15.0 Å². The molecule has 14 nitrogen and oxygen atoms in total. The number of rotatable bonds is 14. The number of carbonyl (C=O) groups is 5. The Morgan fingerprint density at radius 2 is 1.73 bits per heavy atom. The van der Waals surface area contributed by atoms with Crippen LogP contribution in [0.3, 0.4) is 0 Å². The number of phenolic OH excluding ortho intramolecular Hbond substituents is 1. The van der Waals surface area contributed by atoms with E-state index in [1.165, 1.54) is 35.1 Å². The van der Waals surface area contributed by atoms with E-state index in [1.54, 1.807) is 24.3 Å². The van der Waals surface area contributed by atoms with Crippen LogP contribution in [0.2, 0.25) is 18.1 Å². The first kappa shape index (κ1) is 44.7. The highest BCUT2D eigenvalue weighted by molar-refractivity contribution is 6.74. The van der Waals surface area contributed by atoms with E-state index in [9.17, 15) is 29.1 Å². The highest BCUT2D eigenvalue weighted by Gasteiger charge is 2.59. The molecular formula is C45H62N4O10Si. The summed E-state index contributed by atoms with van der Waals surface area (Å²) in [4.78, 5) is 73.2. The molecule has 3 fully saturated rings. The molecule has 1 unspecified atom stereocenters. The van der Waals surface area contributed by atoms with E-state index in [4.69, 9.17) is 18.6 Å². The molecule has 3 heterocycles. The number of hydrogen-bond acceptors (Lipinski definition) is 10. The number of carbonyl (C=O) groups excluding carboxylic acids is 5. The lowest BCUT2D eigenvalue weighted by Crippen LogP contribution is -2.58. The maximum Gasteiger partial charge on any atom is 0.416 e. The summed E-state index contributed by atoms with van der Waals surface area (Å²) >= 11 is 0. The van der Waals surface area contributed by atoms with E-state index in [-0.39, 0.29) is 76.4 Å². The summed E-state index contributed by atoms with van der Waals surface area (Å²) in [5.41, 5.74) is 1.79. The summed E-state index contributed by atoms with van der Waals surface area (Å²) in [6.07, 6.45) is 3.60. The number of Topliss-reactive ketones (excluding diaryl/α,β-unsaturated/α-hetero) is 1. The van der Waals surface area contributed by atoms with Crippen LogP contribution in [-0.4, -0.2) is 104 Å². The Bertz CT molecular complexity index is 1970. The molecule has 0 bridgehead atoms. The summed E-state index contributed by atoms with van der Waals surface area (Å²) in [5.74, 6) is -0.776. The van der Waals surface area contributed by atoms with E-state index in [0.717, 1.165) is 18.4 Å². The van der Waals surface area contributed by atoms with Crippen molar-refractivity contribution in [2.24, 2.45) is 11.3 Å². The predicted molar refractivity (Wildman–Crippen MR) is 228 cm³/mol. The number of likely N-dealkylation sites (tertiary alicyclic amines) is 1. The molecular weight excluding hydrogens is 785 g/mol. The first-order valence-corrected chi connectivity index (χ1v) is 24.0. The van der Waals surface area contributed by atoms with Crippen molar-refractivity contribution < 1.29 is 47.7 Å². The predicted octanol–water partition coefficient (Wildman–Crippen LogP) is 7.33. The summed E-state index contributed by atoms with van der Waals surface area (Å²) < 4.78 is 23.7. The van der Waals surface area contributed by atoms with Gasteiger partial charge in [0.25, 0.3) is 5.91 Å². The van der Waals surface area contributed by atoms with Crippen LogP contribution in [0.15, 0.2) is 49.1 Å². The van der Waals surface area contributed by atoms with Crippen LogP contribution in [-0.2, 0) is 36.5 Å². The van der Waals surface area contributed by atoms with Gasteiger partial charge in [0.2, 0.25) is 5.91 Å². The average Bonchev–Trinajstić information content (AvgIpc) is 3.59. The second-order valence-electron chi connectivity index (χ2n) is 18.8. The third-order valence-electron chi connectivity index (χ3n) is 12.8. The van der Waals surface area contributed by atoms with Crippen LogP contribution in [0.25, 0.3) is 0 Å². The van der Waals surface area contributed by atoms with Gasteiger partial charge in [0.1, 0.15) is 19.3 Å². The molecule has 1 spiro atoms. The van der Waals surface area contributed by atoms with Crippen LogP contribution in [0.1, 0.15) is 94.6 Å². The molecule has 6 rings (SSSR count). The van der Waals surface area contributed by atoms with E-state index in [1.807, 2.05) is 18.7 Å². The van der Waals surface area contributed by atoms with Crippen molar-refractivity contribution in [3.63, 3.8) is 0 Å². The van der Waals surface area contributed by atoms with Gasteiger partial charge in [-0.3, -0.25) is 19.3 Å². The molecule has 4 amide bonds. The smallest absolute Gasteiger partial charge is 0.416 e. The minimum atomic E-state index is -2.56. The van der Waals surface area contributed by atoms with Crippen LogP contribution >= 0.6 is 0 Å². The third kappa shape index (κ3) is 9.51. The Morgan fingerprint density at radius 3 is 2.35 bits per heavy atom. The molecule has 326 valence electrons. The van der Waals surface area contributed by atoms with Crippen molar-refractivity contribution >= 4 is 43.8 Å². The molecule has 3 aliphatic heterocycles. The quantitative estimate of drug-likeness (QED) is 0.145. The van der Waals surface area contributed by atoms with Gasteiger partial charge in [-0.15, -0.1) is 0 Å². The topological polar surface area (TPSA) is 164 Å². The number of phenols is 1. The largest absolute Gasteiger partial charge is 0.504 e. The average molecular weight is 847 g/mol. The van der Waals surface area contributed by atoms with Gasteiger partial charge in [0, 0.05) is 25.6 Å². The molecule has 4 aliphatic rings. The SMILES string of the molecule is C=CCOC(=O)N1CCC[C@H]1C(=O)N[C@@H](CC(C)C)C(=O)Cc1ccc(COC(=O)N2c3cc(O)c(OC)cc3C(=O)N3CC4(CC4)C[C@H]3C2O[Si](C)(C)C(C)(C)C)cc1. The fourth-order valence-electron chi connectivity index (χ4n) is 8.25. The standard InChI is InChI=1S/C45H62N4O10Si/c1-10-20-57-42(54)47-19-11-12-33(47)39(52)46-32(21-28(2)3)36(50)22-29-13-15-30(16-14-29)26-58-43(55)49-34-24-37(51)38(56-7)23-31(34)40(53)48-27-45(17-18-45)25-35(48)41(49)59-60(8,9)44(4,5)6/h10,13-16,23-24,28,32-33,35,41,51H,1,11-12,17-22,25-27H2,2-9H3,(H,46,52)/t32-,33-,35-,41?/m0/s1. The Labute approximate surface area is 354 Å². The van der Waals surface area contributed by atoms with Gasteiger partial charge < -0.3 is 34.0 Å². The van der Waals surface area contributed by atoms with Crippen molar-refractivity contribution in [2.75, 3.05) is 31.7 Å². The molecule has 2 N–H and O–H groups in total. The zero-order chi connectivity index (χ0) is 43.7. The zero-order valence-electron chi connectivity index (χ0n) is 36.4.